The van der Waals surface area contributed by atoms with Gasteiger partial charge >= 0.3 is 18.2 Å². The third-order valence-corrected chi connectivity index (χ3v) is 3.68. The summed E-state index contributed by atoms with van der Waals surface area (Å²) in [6.07, 6.45) is -4.93. The van der Waals surface area contributed by atoms with Crippen LogP contribution in [-0.4, -0.2) is 27.1 Å². The molecule has 0 spiro atoms. The molecule has 3 N–H and O–H groups in total. The second-order valence-corrected chi connectivity index (χ2v) is 5.81. The van der Waals surface area contributed by atoms with E-state index in [2.05, 4.69) is 19.6 Å². The number of nitrogens with one attached hydrogen (secondary N) is 1. The maximum Gasteiger partial charge on any atom is 0.471 e. The van der Waals surface area contributed by atoms with Crippen molar-refractivity contribution in [3.63, 3.8) is 0 Å². The van der Waals surface area contributed by atoms with E-state index in [0.717, 1.165) is 0 Å². The van der Waals surface area contributed by atoms with Gasteiger partial charge in [0, 0.05) is 17.3 Å². The molecule has 9 nitrogen and oxygen atoms in total. The highest BCUT2D eigenvalue weighted by molar-refractivity contribution is 5.92. The summed E-state index contributed by atoms with van der Waals surface area (Å²) in [6, 6.07) is 4.03. The molecule has 0 aliphatic rings. The van der Waals surface area contributed by atoms with E-state index < -0.39 is 59.4 Å². The molecule has 31 heavy (non-hydrogen) atoms. The number of aromatic nitrogens is 3. The Balaban J connectivity index is 1.73. The number of halogens is 5. The molecule has 0 aliphatic heterocycles. The SMILES string of the molecule is NC(=O)c1ncccc1COC(=O)Nc1c(F)cc(-c2noc(C(F)(F)F)n2)cc1F. The van der Waals surface area contributed by atoms with Crippen LogP contribution >= 0.6 is 0 Å². The number of pyridine rings is 1. The molecule has 0 saturated heterocycles. The fourth-order valence-corrected chi connectivity index (χ4v) is 2.34. The van der Waals surface area contributed by atoms with Gasteiger partial charge in [0.15, 0.2) is 11.6 Å². The number of alkyl halides is 3. The van der Waals surface area contributed by atoms with Crippen LogP contribution < -0.4 is 11.1 Å². The summed E-state index contributed by atoms with van der Waals surface area (Å²) in [6.45, 7) is -0.484. The molecule has 162 valence electrons. The Labute approximate surface area is 169 Å². The largest absolute Gasteiger partial charge is 0.471 e. The van der Waals surface area contributed by atoms with Crippen molar-refractivity contribution in [1.29, 1.82) is 0 Å². The van der Waals surface area contributed by atoms with Gasteiger partial charge in [0.2, 0.25) is 5.82 Å². The standard InChI is InChI=1S/C17H10F5N5O4/c18-9-4-8(14-26-15(31-27-14)17(20,21)22)5-10(19)12(9)25-16(29)30-6-7-2-1-3-24-11(7)13(23)28/h1-5H,6H2,(H2,23,28)(H,25,29). The number of nitrogens with two attached hydrogens (primary N) is 1. The van der Waals surface area contributed by atoms with E-state index in [4.69, 9.17) is 10.5 Å². The number of primary amides is 1. The van der Waals surface area contributed by atoms with Gasteiger partial charge in [-0.05, 0) is 18.2 Å². The van der Waals surface area contributed by atoms with E-state index in [9.17, 15) is 31.5 Å². The van der Waals surface area contributed by atoms with Crippen molar-refractivity contribution < 1.29 is 40.8 Å². The van der Waals surface area contributed by atoms with Crippen molar-refractivity contribution in [1.82, 2.24) is 15.1 Å². The van der Waals surface area contributed by atoms with Gasteiger partial charge in [-0.25, -0.2) is 13.6 Å². The van der Waals surface area contributed by atoms with Crippen LogP contribution in [0.4, 0.5) is 32.4 Å². The van der Waals surface area contributed by atoms with Gasteiger partial charge in [0.25, 0.3) is 5.91 Å². The fraction of sp³-hybridized carbons (Fsp3) is 0.118. The minimum absolute atomic E-state index is 0.152. The number of carbonyl (C=O) groups is 2. The van der Waals surface area contributed by atoms with Gasteiger partial charge < -0.3 is 15.0 Å². The van der Waals surface area contributed by atoms with Crippen LogP contribution in [0, 0.1) is 11.6 Å². The van der Waals surface area contributed by atoms with E-state index in [1.165, 1.54) is 18.3 Å². The third-order valence-electron chi connectivity index (χ3n) is 3.68. The predicted octanol–water partition coefficient (Wildman–Crippen LogP) is 3.28. The van der Waals surface area contributed by atoms with Crippen molar-refractivity contribution >= 4 is 17.7 Å². The number of nitrogens with zero attached hydrogens (tertiary/aromatic N) is 3. The third kappa shape index (κ3) is 4.91. The molecule has 2 amide bonds. The molecule has 0 saturated carbocycles. The Kier molecular flexibility index (Phi) is 5.81. The van der Waals surface area contributed by atoms with Gasteiger partial charge in [-0.15, -0.1) is 0 Å². The normalized spacial score (nSPS) is 11.3. The van der Waals surface area contributed by atoms with E-state index in [1.807, 2.05) is 5.32 Å². The van der Waals surface area contributed by atoms with Gasteiger partial charge in [-0.1, -0.05) is 11.2 Å². The van der Waals surface area contributed by atoms with Crippen LogP contribution in [0.15, 0.2) is 35.0 Å². The monoisotopic (exact) mass is 443 g/mol. The van der Waals surface area contributed by atoms with Crippen LogP contribution in [0.25, 0.3) is 11.4 Å². The zero-order chi connectivity index (χ0) is 22.8. The lowest BCUT2D eigenvalue weighted by atomic mass is 10.1. The number of rotatable bonds is 5. The molecule has 0 fully saturated rings. The Morgan fingerprint density at radius 2 is 1.87 bits per heavy atom. The Morgan fingerprint density at radius 3 is 2.45 bits per heavy atom. The van der Waals surface area contributed by atoms with E-state index in [0.29, 0.717) is 12.1 Å². The Bertz CT molecular complexity index is 1120. The number of amides is 2. The first-order chi connectivity index (χ1) is 14.6. The lowest BCUT2D eigenvalue weighted by molar-refractivity contribution is -0.159. The predicted molar refractivity (Wildman–Crippen MR) is 91.2 cm³/mol. The molecule has 0 radical (unpaired) electrons. The zero-order valence-corrected chi connectivity index (χ0v) is 15.0. The summed E-state index contributed by atoms with van der Waals surface area (Å²) in [5.74, 6) is -5.97. The average molecular weight is 443 g/mol. The van der Waals surface area contributed by atoms with Crippen LogP contribution in [0.1, 0.15) is 21.9 Å². The highest BCUT2D eigenvalue weighted by Gasteiger charge is 2.38. The summed E-state index contributed by atoms with van der Waals surface area (Å²) in [5, 5.41) is 4.83. The summed E-state index contributed by atoms with van der Waals surface area (Å²) >= 11 is 0. The minimum atomic E-state index is -4.93. The van der Waals surface area contributed by atoms with Gasteiger partial charge in [-0.3, -0.25) is 15.1 Å². The average Bonchev–Trinajstić information content (AvgIpc) is 3.20. The highest BCUT2D eigenvalue weighted by atomic mass is 19.4. The molecular formula is C17H10F5N5O4. The maximum atomic E-state index is 14.2. The molecule has 3 aromatic rings. The first-order valence-corrected chi connectivity index (χ1v) is 8.14. The molecular weight excluding hydrogens is 433 g/mol. The van der Waals surface area contributed by atoms with Crippen LogP contribution in [0.5, 0.6) is 0 Å². The molecule has 2 aromatic heterocycles. The molecule has 0 aliphatic carbocycles. The first kappa shape index (κ1) is 21.6. The molecule has 1 aromatic carbocycles. The van der Waals surface area contributed by atoms with Crippen molar-refractivity contribution in [2.75, 3.05) is 5.32 Å². The molecule has 0 atom stereocenters. The molecule has 0 unspecified atom stereocenters. The van der Waals surface area contributed by atoms with E-state index >= 15 is 0 Å². The zero-order valence-electron chi connectivity index (χ0n) is 15.0. The summed E-state index contributed by atoms with van der Waals surface area (Å²) in [5.41, 5.74) is 3.73. The quantitative estimate of drug-likeness (QED) is 0.578. The summed E-state index contributed by atoms with van der Waals surface area (Å²) < 4.78 is 74.8. The van der Waals surface area contributed by atoms with Crippen LogP contribution in [-0.2, 0) is 17.5 Å². The van der Waals surface area contributed by atoms with Gasteiger partial charge in [0.1, 0.15) is 18.0 Å². The number of hydrogen-bond donors (Lipinski definition) is 2. The van der Waals surface area contributed by atoms with Crippen molar-refractivity contribution in [2.45, 2.75) is 12.8 Å². The molecule has 14 heteroatoms. The highest BCUT2D eigenvalue weighted by Crippen LogP contribution is 2.31. The molecule has 0 bridgehead atoms. The Hall–Kier alpha value is -4.10. The summed E-state index contributed by atoms with van der Waals surface area (Å²) in [7, 11) is 0. The smallest absolute Gasteiger partial charge is 0.444 e. The number of benzene rings is 1. The lowest BCUT2D eigenvalue weighted by Gasteiger charge is -2.10. The number of hydrogen-bond acceptors (Lipinski definition) is 7. The second kappa shape index (κ2) is 8.33. The molecule has 2 heterocycles. The fourth-order valence-electron chi connectivity index (χ4n) is 2.34. The lowest BCUT2D eigenvalue weighted by Crippen LogP contribution is -2.19. The minimum Gasteiger partial charge on any atom is -0.444 e. The van der Waals surface area contributed by atoms with Crippen LogP contribution in [0.2, 0.25) is 0 Å². The van der Waals surface area contributed by atoms with Crippen molar-refractivity contribution in [3.8, 4) is 11.4 Å². The van der Waals surface area contributed by atoms with Crippen molar-refractivity contribution in [3.05, 3.63) is 59.2 Å². The van der Waals surface area contributed by atoms with Crippen molar-refractivity contribution in [2.24, 2.45) is 5.73 Å². The van der Waals surface area contributed by atoms with Gasteiger partial charge in [-0.2, -0.15) is 18.2 Å². The number of carbonyl (C=O) groups excluding carboxylic acids is 2. The summed E-state index contributed by atoms with van der Waals surface area (Å²) in [4.78, 5) is 29.9. The second-order valence-electron chi connectivity index (χ2n) is 5.81. The van der Waals surface area contributed by atoms with Gasteiger partial charge in [0.05, 0.1) is 0 Å². The van der Waals surface area contributed by atoms with E-state index in [1.54, 1.807) is 0 Å². The number of anilines is 1. The van der Waals surface area contributed by atoms with Crippen LogP contribution in [0.3, 0.4) is 0 Å². The maximum absolute atomic E-state index is 14.2. The Morgan fingerprint density at radius 1 is 1.19 bits per heavy atom. The topological polar surface area (TPSA) is 133 Å². The first-order valence-electron chi connectivity index (χ1n) is 8.14. The number of ether oxygens (including phenoxy) is 1. The van der Waals surface area contributed by atoms with E-state index in [-0.39, 0.29) is 11.3 Å². The molecule has 3 rings (SSSR count).